The van der Waals surface area contributed by atoms with Crippen molar-refractivity contribution in [1.29, 1.82) is 0 Å². The summed E-state index contributed by atoms with van der Waals surface area (Å²) in [6.45, 7) is 7.71. The van der Waals surface area contributed by atoms with Crippen molar-refractivity contribution in [3.63, 3.8) is 0 Å². The summed E-state index contributed by atoms with van der Waals surface area (Å²) in [4.78, 5) is 14.5. The molecule has 0 saturated heterocycles. The van der Waals surface area contributed by atoms with Gasteiger partial charge in [0.1, 0.15) is 6.17 Å². The lowest BCUT2D eigenvalue weighted by atomic mass is 10.0. The number of carbonyl (C=O) groups excluding carboxylic acids is 1. The van der Waals surface area contributed by atoms with Gasteiger partial charge < -0.3 is 15.5 Å². The number of amides is 1. The first kappa shape index (κ1) is 19.8. The highest BCUT2D eigenvalue weighted by Gasteiger charge is 2.22. The van der Waals surface area contributed by atoms with Crippen LogP contribution in [0.2, 0.25) is 0 Å². The second-order valence-corrected chi connectivity index (χ2v) is 7.78. The molecule has 4 heteroatoms. The van der Waals surface area contributed by atoms with Crippen LogP contribution in [0.4, 0.5) is 0 Å². The number of benzene rings is 2. The van der Waals surface area contributed by atoms with Crippen LogP contribution in [0.15, 0.2) is 42.6 Å². The topological polar surface area (TPSA) is 44.4 Å². The van der Waals surface area contributed by atoms with Gasteiger partial charge in [-0.05, 0) is 46.9 Å². The molecule has 0 spiro atoms. The normalized spacial score (nSPS) is 15.7. The molecule has 1 aliphatic rings. The maximum atomic E-state index is 12.5. The first-order valence-electron chi connectivity index (χ1n) is 10.0. The number of terminal acetylenes is 1. The highest BCUT2D eigenvalue weighted by molar-refractivity contribution is 5.87. The third kappa shape index (κ3) is 4.67. The van der Waals surface area contributed by atoms with Gasteiger partial charge in [0.25, 0.3) is 0 Å². The van der Waals surface area contributed by atoms with Gasteiger partial charge in [-0.2, -0.15) is 0 Å². The monoisotopic (exact) mass is 375 g/mol. The van der Waals surface area contributed by atoms with Crippen LogP contribution in [0, 0.1) is 18.3 Å². The van der Waals surface area contributed by atoms with Crippen molar-refractivity contribution in [3.05, 3.63) is 53.7 Å². The van der Waals surface area contributed by atoms with Crippen molar-refractivity contribution in [3.8, 4) is 12.3 Å². The Balaban J connectivity index is 1.67. The van der Waals surface area contributed by atoms with E-state index in [0.717, 1.165) is 40.6 Å². The largest absolute Gasteiger partial charge is 0.368 e. The van der Waals surface area contributed by atoms with Crippen molar-refractivity contribution in [2.24, 2.45) is 5.92 Å². The minimum absolute atomic E-state index is 0.0252. The van der Waals surface area contributed by atoms with Crippen molar-refractivity contribution < 1.29 is 4.79 Å². The smallest absolute Gasteiger partial charge is 0.222 e. The maximum absolute atomic E-state index is 12.5. The number of hydrogen-bond acceptors (Lipinski definition) is 3. The predicted octanol–water partition coefficient (Wildman–Crippen LogP) is 3.92. The molecule has 0 radical (unpaired) electrons. The first-order chi connectivity index (χ1) is 13.5. The number of hydrogen-bond donors (Lipinski definition) is 2. The minimum Gasteiger partial charge on any atom is -0.368 e. The van der Waals surface area contributed by atoms with Crippen molar-refractivity contribution in [2.45, 2.75) is 39.8 Å². The van der Waals surface area contributed by atoms with Crippen LogP contribution in [0.5, 0.6) is 0 Å². The Bertz CT molecular complexity index is 923. The van der Waals surface area contributed by atoms with E-state index in [2.05, 4.69) is 61.6 Å². The van der Waals surface area contributed by atoms with Gasteiger partial charge in [0.2, 0.25) is 5.91 Å². The molecule has 28 heavy (non-hydrogen) atoms. The molecule has 0 fully saturated rings. The Kier molecular flexibility index (Phi) is 6.26. The quantitative estimate of drug-likeness (QED) is 0.721. The van der Waals surface area contributed by atoms with Gasteiger partial charge in [0.05, 0.1) is 12.2 Å². The molecule has 1 aliphatic heterocycles. The number of nitrogens with zero attached hydrogens (tertiary/aromatic N) is 1. The first-order valence-corrected chi connectivity index (χ1v) is 10.0. The fourth-order valence-electron chi connectivity index (χ4n) is 3.51. The van der Waals surface area contributed by atoms with Gasteiger partial charge in [0.15, 0.2) is 0 Å². The second kappa shape index (κ2) is 8.84. The van der Waals surface area contributed by atoms with Gasteiger partial charge in [-0.15, -0.1) is 6.42 Å². The van der Waals surface area contributed by atoms with E-state index in [1.807, 2.05) is 23.2 Å². The SMILES string of the molecule is C#Cc1ccc2cc(C3=CNC(CN(CCC)C(=O)CC(C)C)N3)ccc2c1. The van der Waals surface area contributed by atoms with Crippen LogP contribution in [0.3, 0.4) is 0 Å². The predicted molar refractivity (Wildman–Crippen MR) is 116 cm³/mol. The molecule has 146 valence electrons. The molecule has 1 atom stereocenters. The van der Waals surface area contributed by atoms with Gasteiger partial charge >= 0.3 is 0 Å². The summed E-state index contributed by atoms with van der Waals surface area (Å²) in [7, 11) is 0. The van der Waals surface area contributed by atoms with Crippen molar-refractivity contribution >= 4 is 22.4 Å². The maximum Gasteiger partial charge on any atom is 0.222 e. The molecule has 3 rings (SSSR count). The molecule has 2 aromatic carbocycles. The van der Waals surface area contributed by atoms with E-state index in [1.165, 1.54) is 0 Å². The summed E-state index contributed by atoms with van der Waals surface area (Å²) in [5, 5.41) is 9.18. The molecule has 0 bridgehead atoms. The summed E-state index contributed by atoms with van der Waals surface area (Å²) < 4.78 is 0. The lowest BCUT2D eigenvalue weighted by molar-refractivity contribution is -0.132. The lowest BCUT2D eigenvalue weighted by Gasteiger charge is -2.27. The van der Waals surface area contributed by atoms with Gasteiger partial charge in [-0.1, -0.05) is 44.9 Å². The Morgan fingerprint density at radius 3 is 2.68 bits per heavy atom. The zero-order valence-electron chi connectivity index (χ0n) is 17.0. The number of rotatable bonds is 7. The molecule has 0 saturated carbocycles. The fraction of sp³-hybridized carbons (Fsp3) is 0.375. The molecular weight excluding hydrogens is 346 g/mol. The van der Waals surface area contributed by atoms with Gasteiger partial charge in [0, 0.05) is 24.7 Å². The van der Waals surface area contributed by atoms with Gasteiger partial charge in [-0.25, -0.2) is 0 Å². The van der Waals surface area contributed by atoms with E-state index in [1.54, 1.807) is 0 Å². The third-order valence-electron chi connectivity index (χ3n) is 4.91. The highest BCUT2D eigenvalue weighted by atomic mass is 16.2. The average Bonchev–Trinajstić information content (AvgIpc) is 3.15. The van der Waals surface area contributed by atoms with Crippen LogP contribution in [-0.2, 0) is 4.79 Å². The van der Waals surface area contributed by atoms with Crippen LogP contribution in [0.1, 0.15) is 44.7 Å². The van der Waals surface area contributed by atoms with E-state index in [0.29, 0.717) is 18.9 Å². The van der Waals surface area contributed by atoms with Crippen LogP contribution >= 0.6 is 0 Å². The molecule has 1 unspecified atom stereocenters. The standard InChI is InChI=1S/C24H29N3O/c1-5-11-27(24(28)12-17(3)4)16-23-25-15-22(26-23)21-10-9-19-13-18(6-2)7-8-20(19)14-21/h2,7-10,13-15,17,23,25-26H,5,11-12,16H2,1,3-4H3. The van der Waals surface area contributed by atoms with Crippen LogP contribution in [0.25, 0.3) is 16.5 Å². The average molecular weight is 376 g/mol. The zero-order valence-corrected chi connectivity index (χ0v) is 17.0. The van der Waals surface area contributed by atoms with Gasteiger partial charge in [-0.3, -0.25) is 4.79 Å². The molecule has 4 nitrogen and oxygen atoms in total. The van der Waals surface area contributed by atoms with E-state index < -0.39 is 0 Å². The Labute approximate surface area is 168 Å². The van der Waals surface area contributed by atoms with E-state index in [9.17, 15) is 4.79 Å². The van der Waals surface area contributed by atoms with E-state index >= 15 is 0 Å². The summed E-state index contributed by atoms with van der Waals surface area (Å²) in [6, 6.07) is 12.4. The Morgan fingerprint density at radius 1 is 1.21 bits per heavy atom. The zero-order chi connectivity index (χ0) is 20.1. The van der Waals surface area contributed by atoms with E-state index in [-0.39, 0.29) is 12.1 Å². The summed E-state index contributed by atoms with van der Waals surface area (Å²) in [6.07, 6.45) is 9.07. The summed E-state index contributed by atoms with van der Waals surface area (Å²) in [5.41, 5.74) is 3.05. The Hall–Kier alpha value is -2.93. The van der Waals surface area contributed by atoms with Crippen LogP contribution in [-0.4, -0.2) is 30.1 Å². The second-order valence-electron chi connectivity index (χ2n) is 7.78. The molecular formula is C24H29N3O. The molecule has 2 aromatic rings. The molecule has 0 aliphatic carbocycles. The van der Waals surface area contributed by atoms with Crippen molar-refractivity contribution in [1.82, 2.24) is 15.5 Å². The Morgan fingerprint density at radius 2 is 1.96 bits per heavy atom. The van der Waals surface area contributed by atoms with E-state index in [4.69, 9.17) is 6.42 Å². The fourth-order valence-corrected chi connectivity index (χ4v) is 3.51. The third-order valence-corrected chi connectivity index (χ3v) is 4.91. The van der Waals surface area contributed by atoms with Crippen molar-refractivity contribution in [2.75, 3.05) is 13.1 Å². The highest BCUT2D eigenvalue weighted by Crippen LogP contribution is 2.22. The molecule has 1 amide bonds. The molecule has 0 aromatic heterocycles. The number of fused-ring (bicyclic) bond motifs is 1. The number of carbonyl (C=O) groups is 1. The summed E-state index contributed by atoms with van der Waals surface area (Å²) >= 11 is 0. The van der Waals surface area contributed by atoms with Crippen LogP contribution < -0.4 is 10.6 Å². The molecule has 1 heterocycles. The minimum atomic E-state index is 0.0252. The molecule has 2 N–H and O–H groups in total. The number of nitrogens with one attached hydrogen (secondary N) is 2. The lowest BCUT2D eigenvalue weighted by Crippen LogP contribution is -2.46. The summed E-state index contributed by atoms with van der Waals surface area (Å²) in [5.74, 6) is 3.28.